The van der Waals surface area contributed by atoms with Crippen LogP contribution in [0, 0.1) is 0 Å². The lowest BCUT2D eigenvalue weighted by atomic mass is 10.2. The van der Waals surface area contributed by atoms with Crippen LogP contribution in [0.1, 0.15) is 19.4 Å². The Bertz CT molecular complexity index is 408. The molecule has 0 fully saturated rings. The van der Waals surface area contributed by atoms with Crippen molar-refractivity contribution in [3.05, 3.63) is 23.8 Å². The van der Waals surface area contributed by atoms with E-state index in [9.17, 15) is 4.79 Å². The second kappa shape index (κ2) is 8.37. The quantitative estimate of drug-likeness (QED) is 0.745. The normalized spacial score (nSPS) is 10.1. The van der Waals surface area contributed by atoms with Gasteiger partial charge in [-0.2, -0.15) is 0 Å². The first-order chi connectivity index (χ1) is 9.21. The minimum Gasteiger partial charge on any atom is -0.493 e. The van der Waals surface area contributed by atoms with E-state index in [1.807, 2.05) is 32.0 Å². The van der Waals surface area contributed by atoms with E-state index >= 15 is 0 Å². The predicted molar refractivity (Wildman–Crippen MR) is 74.6 cm³/mol. The Balaban J connectivity index is 2.54. The van der Waals surface area contributed by atoms with Gasteiger partial charge in [0.05, 0.1) is 20.3 Å². The van der Waals surface area contributed by atoms with Gasteiger partial charge in [0, 0.05) is 13.1 Å². The molecule has 0 spiro atoms. The Morgan fingerprint density at radius 3 is 2.68 bits per heavy atom. The van der Waals surface area contributed by atoms with Crippen LogP contribution in [0.2, 0.25) is 0 Å². The van der Waals surface area contributed by atoms with Crippen LogP contribution in [0.15, 0.2) is 18.2 Å². The molecule has 1 rings (SSSR count). The van der Waals surface area contributed by atoms with Gasteiger partial charge in [-0.3, -0.25) is 4.79 Å². The molecule has 0 aromatic heterocycles. The number of nitrogens with one attached hydrogen (secondary N) is 2. The van der Waals surface area contributed by atoms with Crippen molar-refractivity contribution in [2.75, 3.05) is 26.8 Å². The third-order valence-corrected chi connectivity index (χ3v) is 2.52. The largest absolute Gasteiger partial charge is 0.493 e. The van der Waals surface area contributed by atoms with Gasteiger partial charge >= 0.3 is 0 Å². The third kappa shape index (κ3) is 5.18. The molecule has 0 saturated heterocycles. The van der Waals surface area contributed by atoms with Crippen LogP contribution < -0.4 is 20.1 Å². The van der Waals surface area contributed by atoms with Gasteiger partial charge in [-0.1, -0.05) is 6.07 Å². The zero-order valence-electron chi connectivity index (χ0n) is 11.8. The van der Waals surface area contributed by atoms with E-state index in [1.54, 1.807) is 7.11 Å². The first-order valence-corrected chi connectivity index (χ1v) is 6.48. The van der Waals surface area contributed by atoms with E-state index in [0.29, 0.717) is 32.0 Å². The molecule has 0 radical (unpaired) electrons. The molecule has 2 N–H and O–H groups in total. The van der Waals surface area contributed by atoms with E-state index in [0.717, 1.165) is 11.3 Å². The minimum absolute atomic E-state index is 0.000966. The maximum atomic E-state index is 11.3. The van der Waals surface area contributed by atoms with Gasteiger partial charge in [0.15, 0.2) is 11.5 Å². The molecule has 0 heterocycles. The molecule has 0 atom stereocenters. The van der Waals surface area contributed by atoms with Crippen LogP contribution in [0.5, 0.6) is 11.5 Å². The zero-order chi connectivity index (χ0) is 14.1. The van der Waals surface area contributed by atoms with Crippen LogP contribution in [0.25, 0.3) is 0 Å². The molecule has 0 aliphatic heterocycles. The summed E-state index contributed by atoms with van der Waals surface area (Å²) in [5.74, 6) is 1.44. The first kappa shape index (κ1) is 15.3. The number of hydrogen-bond donors (Lipinski definition) is 2. The van der Waals surface area contributed by atoms with Crippen molar-refractivity contribution in [2.45, 2.75) is 20.4 Å². The number of likely N-dealkylation sites (N-methyl/N-ethyl adjacent to an activating group) is 1. The van der Waals surface area contributed by atoms with E-state index < -0.39 is 0 Å². The van der Waals surface area contributed by atoms with Crippen molar-refractivity contribution >= 4 is 5.91 Å². The number of methoxy groups -OCH3 is 1. The lowest BCUT2D eigenvalue weighted by molar-refractivity contribution is -0.120. The lowest BCUT2D eigenvalue weighted by Crippen LogP contribution is -2.33. The molecule has 0 saturated carbocycles. The standard InChI is InChI=1S/C14H22N2O3/c1-4-16-14(17)10-15-9-11-6-7-12(18-3)13(8-11)19-5-2/h6-8,15H,4-5,9-10H2,1-3H3,(H,16,17). The molecule has 19 heavy (non-hydrogen) atoms. The van der Waals surface area contributed by atoms with Crippen LogP contribution in [0.3, 0.4) is 0 Å². The fourth-order valence-corrected chi connectivity index (χ4v) is 1.68. The van der Waals surface area contributed by atoms with Crippen molar-refractivity contribution in [2.24, 2.45) is 0 Å². The summed E-state index contributed by atoms with van der Waals surface area (Å²) < 4.78 is 10.7. The summed E-state index contributed by atoms with van der Waals surface area (Å²) in [5.41, 5.74) is 1.05. The highest BCUT2D eigenvalue weighted by Gasteiger charge is 2.05. The molecular weight excluding hydrogens is 244 g/mol. The Kier molecular flexibility index (Phi) is 6.74. The second-order valence-electron chi connectivity index (χ2n) is 3.98. The Labute approximate surface area is 114 Å². The summed E-state index contributed by atoms with van der Waals surface area (Å²) in [4.78, 5) is 11.3. The second-order valence-corrected chi connectivity index (χ2v) is 3.98. The summed E-state index contributed by atoms with van der Waals surface area (Å²) >= 11 is 0. The maximum absolute atomic E-state index is 11.3. The minimum atomic E-state index is 0.000966. The summed E-state index contributed by atoms with van der Waals surface area (Å²) in [5, 5.41) is 5.82. The van der Waals surface area contributed by atoms with Crippen LogP contribution in [-0.4, -0.2) is 32.7 Å². The Hall–Kier alpha value is -1.75. The summed E-state index contributed by atoms with van der Waals surface area (Å²) in [6.45, 7) is 5.99. The number of rotatable bonds is 8. The van der Waals surface area contributed by atoms with Crippen LogP contribution >= 0.6 is 0 Å². The van der Waals surface area contributed by atoms with Crippen molar-refractivity contribution in [1.29, 1.82) is 0 Å². The number of ether oxygens (including phenoxy) is 2. The predicted octanol–water partition coefficient (Wildman–Crippen LogP) is 1.32. The van der Waals surface area contributed by atoms with Gasteiger partial charge < -0.3 is 20.1 Å². The molecule has 5 nitrogen and oxygen atoms in total. The van der Waals surface area contributed by atoms with Gasteiger partial charge in [-0.05, 0) is 31.5 Å². The number of hydrogen-bond acceptors (Lipinski definition) is 4. The van der Waals surface area contributed by atoms with E-state index in [-0.39, 0.29) is 5.91 Å². The molecule has 0 unspecified atom stereocenters. The van der Waals surface area contributed by atoms with E-state index in [4.69, 9.17) is 9.47 Å². The maximum Gasteiger partial charge on any atom is 0.233 e. The van der Waals surface area contributed by atoms with Crippen molar-refractivity contribution in [3.8, 4) is 11.5 Å². The number of amides is 1. The highest BCUT2D eigenvalue weighted by molar-refractivity contribution is 5.77. The zero-order valence-corrected chi connectivity index (χ0v) is 11.8. The molecule has 0 bridgehead atoms. The van der Waals surface area contributed by atoms with Gasteiger partial charge in [0.2, 0.25) is 5.91 Å². The number of carbonyl (C=O) groups is 1. The summed E-state index contributed by atoms with van der Waals surface area (Å²) in [7, 11) is 1.62. The summed E-state index contributed by atoms with van der Waals surface area (Å²) in [6.07, 6.45) is 0. The van der Waals surface area contributed by atoms with Gasteiger partial charge in [-0.15, -0.1) is 0 Å². The van der Waals surface area contributed by atoms with E-state index in [1.165, 1.54) is 0 Å². The monoisotopic (exact) mass is 266 g/mol. The summed E-state index contributed by atoms with van der Waals surface area (Å²) in [6, 6.07) is 5.74. The highest BCUT2D eigenvalue weighted by atomic mass is 16.5. The van der Waals surface area contributed by atoms with Crippen LogP contribution in [0.4, 0.5) is 0 Å². The molecule has 5 heteroatoms. The van der Waals surface area contributed by atoms with Crippen LogP contribution in [-0.2, 0) is 11.3 Å². The van der Waals surface area contributed by atoms with E-state index in [2.05, 4.69) is 10.6 Å². The fourth-order valence-electron chi connectivity index (χ4n) is 1.68. The molecular formula is C14H22N2O3. The topological polar surface area (TPSA) is 59.6 Å². The van der Waals surface area contributed by atoms with Crippen molar-refractivity contribution in [1.82, 2.24) is 10.6 Å². The average molecular weight is 266 g/mol. The molecule has 106 valence electrons. The SMILES string of the molecule is CCNC(=O)CNCc1ccc(OC)c(OCC)c1. The third-order valence-electron chi connectivity index (χ3n) is 2.52. The smallest absolute Gasteiger partial charge is 0.233 e. The average Bonchev–Trinajstić information content (AvgIpc) is 2.40. The number of benzene rings is 1. The molecule has 0 aliphatic rings. The molecule has 0 aliphatic carbocycles. The van der Waals surface area contributed by atoms with Gasteiger partial charge in [0.1, 0.15) is 0 Å². The molecule has 1 amide bonds. The molecule has 1 aromatic rings. The lowest BCUT2D eigenvalue weighted by Gasteiger charge is -2.11. The molecule has 1 aromatic carbocycles. The Morgan fingerprint density at radius 2 is 2.05 bits per heavy atom. The first-order valence-electron chi connectivity index (χ1n) is 6.48. The highest BCUT2D eigenvalue weighted by Crippen LogP contribution is 2.27. The Morgan fingerprint density at radius 1 is 1.26 bits per heavy atom. The van der Waals surface area contributed by atoms with Gasteiger partial charge in [-0.25, -0.2) is 0 Å². The van der Waals surface area contributed by atoms with Gasteiger partial charge in [0.25, 0.3) is 0 Å². The van der Waals surface area contributed by atoms with Crippen molar-refractivity contribution < 1.29 is 14.3 Å². The fraction of sp³-hybridized carbons (Fsp3) is 0.500. The number of carbonyl (C=O) groups excluding carboxylic acids is 1. The van der Waals surface area contributed by atoms with Crippen molar-refractivity contribution in [3.63, 3.8) is 0 Å².